The molecule has 2 aromatic carbocycles. The highest BCUT2D eigenvalue weighted by atomic mass is 14.7. The molecule has 120 valence electrons. The molecule has 1 heterocycles. The molecular weight excluding hydrogens is 294 g/mol. The van der Waals surface area contributed by atoms with Gasteiger partial charge in [0.1, 0.15) is 0 Å². The van der Waals surface area contributed by atoms with Gasteiger partial charge in [-0.2, -0.15) is 5.26 Å². The minimum Gasteiger partial charge on any atom is -0.326 e. The van der Waals surface area contributed by atoms with Gasteiger partial charge >= 0.3 is 0 Å². The van der Waals surface area contributed by atoms with Crippen molar-refractivity contribution < 1.29 is 0 Å². The Bertz CT molecular complexity index is 906. The zero-order valence-electron chi connectivity index (χ0n) is 14.1. The fourth-order valence-electron chi connectivity index (χ4n) is 3.13. The van der Waals surface area contributed by atoms with Crippen LogP contribution in [0.25, 0.3) is 22.0 Å². The highest BCUT2D eigenvalue weighted by molar-refractivity contribution is 5.97. The summed E-state index contributed by atoms with van der Waals surface area (Å²) in [5.41, 5.74) is 12.0. The summed E-state index contributed by atoms with van der Waals surface area (Å²) in [6.45, 7) is 4.81. The molecule has 0 bridgehead atoms. The molecule has 0 unspecified atom stereocenters. The monoisotopic (exact) mass is 315 g/mol. The minimum absolute atomic E-state index is 0.437. The van der Waals surface area contributed by atoms with E-state index in [1.54, 1.807) is 0 Å². The quantitative estimate of drug-likeness (QED) is 0.774. The first-order chi connectivity index (χ1) is 11.6. The van der Waals surface area contributed by atoms with E-state index in [1.165, 1.54) is 0 Å². The number of nitriles is 1. The van der Waals surface area contributed by atoms with Crippen molar-refractivity contribution in [3.05, 3.63) is 65.4 Å². The summed E-state index contributed by atoms with van der Waals surface area (Å²) in [6, 6.07) is 18.1. The largest absolute Gasteiger partial charge is 0.326 e. The van der Waals surface area contributed by atoms with E-state index in [1.807, 2.05) is 36.4 Å². The standard InChI is InChI=1S/C21H21N3/c1-14(2)10-20-18(13-23)21(16-6-4-3-5-7-16)17-11-15(12-22)8-9-19(17)24-20/h3-9,11,14H,10,13,23H2,1-2H3. The van der Waals surface area contributed by atoms with Crippen molar-refractivity contribution in [1.29, 1.82) is 5.26 Å². The molecule has 0 atom stereocenters. The molecule has 0 aliphatic rings. The summed E-state index contributed by atoms with van der Waals surface area (Å²) in [5.74, 6) is 0.502. The number of fused-ring (bicyclic) bond motifs is 1. The molecule has 0 saturated heterocycles. The molecule has 0 aliphatic heterocycles. The Morgan fingerprint density at radius 3 is 2.50 bits per heavy atom. The van der Waals surface area contributed by atoms with E-state index in [9.17, 15) is 5.26 Å². The fraction of sp³-hybridized carbons (Fsp3) is 0.238. The third-order valence-electron chi connectivity index (χ3n) is 4.17. The highest BCUT2D eigenvalue weighted by Gasteiger charge is 2.16. The van der Waals surface area contributed by atoms with Crippen LogP contribution >= 0.6 is 0 Å². The van der Waals surface area contributed by atoms with Crippen LogP contribution in [0.2, 0.25) is 0 Å². The molecule has 1 aromatic heterocycles. The lowest BCUT2D eigenvalue weighted by molar-refractivity contribution is 0.632. The van der Waals surface area contributed by atoms with E-state index in [-0.39, 0.29) is 0 Å². The topological polar surface area (TPSA) is 62.7 Å². The summed E-state index contributed by atoms with van der Waals surface area (Å²) in [5, 5.41) is 10.3. The first kappa shape index (κ1) is 16.2. The third-order valence-corrected chi connectivity index (χ3v) is 4.17. The Morgan fingerprint density at radius 2 is 1.88 bits per heavy atom. The Balaban J connectivity index is 2.40. The summed E-state index contributed by atoms with van der Waals surface area (Å²) >= 11 is 0. The number of benzene rings is 2. The van der Waals surface area contributed by atoms with Crippen LogP contribution in [-0.4, -0.2) is 4.98 Å². The van der Waals surface area contributed by atoms with E-state index < -0.39 is 0 Å². The molecule has 0 fully saturated rings. The normalized spacial score (nSPS) is 11.0. The smallest absolute Gasteiger partial charge is 0.0991 e. The SMILES string of the molecule is CC(C)Cc1nc2ccc(C#N)cc2c(-c2ccccc2)c1CN. The van der Waals surface area contributed by atoms with E-state index in [0.29, 0.717) is 18.0 Å². The van der Waals surface area contributed by atoms with Crippen LogP contribution in [0.5, 0.6) is 0 Å². The van der Waals surface area contributed by atoms with Gasteiger partial charge in [0, 0.05) is 17.6 Å². The van der Waals surface area contributed by atoms with E-state index in [0.717, 1.165) is 39.7 Å². The first-order valence-corrected chi connectivity index (χ1v) is 8.25. The van der Waals surface area contributed by atoms with Crippen LogP contribution in [0.1, 0.15) is 30.7 Å². The molecular formula is C21H21N3. The minimum atomic E-state index is 0.437. The number of pyridine rings is 1. The van der Waals surface area contributed by atoms with Gasteiger partial charge in [0.05, 0.1) is 17.1 Å². The Kier molecular flexibility index (Phi) is 4.59. The molecule has 0 radical (unpaired) electrons. The third kappa shape index (κ3) is 3.02. The Morgan fingerprint density at radius 1 is 1.12 bits per heavy atom. The molecule has 0 amide bonds. The van der Waals surface area contributed by atoms with Crippen LogP contribution in [0.15, 0.2) is 48.5 Å². The molecule has 0 saturated carbocycles. The predicted octanol–water partition coefficient (Wildman–Crippen LogP) is 4.43. The number of nitrogens with zero attached hydrogens (tertiary/aromatic N) is 2. The zero-order valence-corrected chi connectivity index (χ0v) is 14.1. The number of nitrogens with two attached hydrogens (primary N) is 1. The summed E-state index contributed by atoms with van der Waals surface area (Å²) < 4.78 is 0. The van der Waals surface area contributed by atoms with E-state index >= 15 is 0 Å². The lowest BCUT2D eigenvalue weighted by Gasteiger charge is -2.18. The maximum Gasteiger partial charge on any atom is 0.0991 e. The molecule has 3 nitrogen and oxygen atoms in total. The van der Waals surface area contributed by atoms with Gasteiger partial charge in [-0.25, -0.2) is 0 Å². The van der Waals surface area contributed by atoms with E-state index in [4.69, 9.17) is 10.7 Å². The number of aromatic nitrogens is 1. The highest BCUT2D eigenvalue weighted by Crippen LogP contribution is 2.34. The second kappa shape index (κ2) is 6.82. The van der Waals surface area contributed by atoms with Gasteiger partial charge in [-0.1, -0.05) is 44.2 Å². The van der Waals surface area contributed by atoms with Crippen LogP contribution in [0.4, 0.5) is 0 Å². The number of hydrogen-bond acceptors (Lipinski definition) is 3. The number of hydrogen-bond donors (Lipinski definition) is 1. The second-order valence-electron chi connectivity index (χ2n) is 6.42. The Hall–Kier alpha value is -2.70. The van der Waals surface area contributed by atoms with Crippen molar-refractivity contribution in [2.45, 2.75) is 26.8 Å². The van der Waals surface area contributed by atoms with Crippen molar-refractivity contribution in [2.24, 2.45) is 11.7 Å². The first-order valence-electron chi connectivity index (χ1n) is 8.25. The van der Waals surface area contributed by atoms with E-state index in [2.05, 4.69) is 32.0 Å². The van der Waals surface area contributed by atoms with Crippen LogP contribution in [0.3, 0.4) is 0 Å². The predicted molar refractivity (Wildman–Crippen MR) is 98.3 cm³/mol. The van der Waals surface area contributed by atoms with Gasteiger partial charge in [0.2, 0.25) is 0 Å². The molecule has 3 rings (SSSR count). The van der Waals surface area contributed by atoms with Crippen molar-refractivity contribution in [3.63, 3.8) is 0 Å². The molecule has 3 aromatic rings. The van der Waals surface area contributed by atoms with Gasteiger partial charge in [0.25, 0.3) is 0 Å². The average molecular weight is 315 g/mol. The molecule has 0 aliphatic carbocycles. The van der Waals surface area contributed by atoms with Crippen molar-refractivity contribution >= 4 is 10.9 Å². The van der Waals surface area contributed by atoms with Gasteiger partial charge in [-0.3, -0.25) is 4.98 Å². The zero-order chi connectivity index (χ0) is 17.1. The molecule has 0 spiro atoms. The van der Waals surface area contributed by atoms with Gasteiger partial charge in [-0.05, 0) is 47.2 Å². The van der Waals surface area contributed by atoms with Crippen molar-refractivity contribution in [2.75, 3.05) is 0 Å². The molecule has 2 N–H and O–H groups in total. The lowest BCUT2D eigenvalue weighted by Crippen LogP contribution is -2.10. The maximum atomic E-state index is 9.26. The number of rotatable bonds is 4. The molecule has 24 heavy (non-hydrogen) atoms. The lowest BCUT2D eigenvalue weighted by atomic mass is 9.91. The summed E-state index contributed by atoms with van der Waals surface area (Å²) in [7, 11) is 0. The summed E-state index contributed by atoms with van der Waals surface area (Å²) in [4.78, 5) is 4.86. The fourth-order valence-corrected chi connectivity index (χ4v) is 3.13. The van der Waals surface area contributed by atoms with Gasteiger partial charge < -0.3 is 5.73 Å². The molecule has 3 heteroatoms. The van der Waals surface area contributed by atoms with Gasteiger partial charge in [0.15, 0.2) is 0 Å². The second-order valence-corrected chi connectivity index (χ2v) is 6.42. The van der Waals surface area contributed by atoms with Crippen LogP contribution < -0.4 is 5.73 Å². The Labute approximate surface area is 142 Å². The maximum absolute atomic E-state index is 9.26. The van der Waals surface area contributed by atoms with Crippen LogP contribution in [0, 0.1) is 17.2 Å². The van der Waals surface area contributed by atoms with Crippen LogP contribution in [-0.2, 0) is 13.0 Å². The van der Waals surface area contributed by atoms with Crippen molar-refractivity contribution in [1.82, 2.24) is 4.98 Å². The average Bonchev–Trinajstić information content (AvgIpc) is 2.60. The van der Waals surface area contributed by atoms with Crippen molar-refractivity contribution in [3.8, 4) is 17.2 Å². The summed E-state index contributed by atoms with van der Waals surface area (Å²) in [6.07, 6.45) is 0.891. The van der Waals surface area contributed by atoms with Gasteiger partial charge in [-0.15, -0.1) is 0 Å².